The molecule has 0 aliphatic rings. The number of esters is 1. The third-order valence-corrected chi connectivity index (χ3v) is 2.96. The van der Waals surface area contributed by atoms with Crippen molar-refractivity contribution in [1.29, 1.82) is 0 Å². The van der Waals surface area contributed by atoms with Crippen LogP contribution in [0.4, 0.5) is 20.2 Å². The SMILES string of the molecule is COC(=O)c1ccc(NC(=O)CNc2ccc(F)c(F)c2)cc1. The minimum atomic E-state index is -0.992. The van der Waals surface area contributed by atoms with Gasteiger partial charge < -0.3 is 15.4 Å². The van der Waals surface area contributed by atoms with Gasteiger partial charge in [0.2, 0.25) is 5.91 Å². The van der Waals surface area contributed by atoms with Crippen LogP contribution in [0.3, 0.4) is 0 Å². The predicted octanol–water partition coefficient (Wildman–Crippen LogP) is 2.80. The highest BCUT2D eigenvalue weighted by Gasteiger charge is 2.07. The predicted molar refractivity (Wildman–Crippen MR) is 81.3 cm³/mol. The van der Waals surface area contributed by atoms with Crippen LogP contribution in [0.1, 0.15) is 10.4 Å². The summed E-state index contributed by atoms with van der Waals surface area (Å²) in [6.07, 6.45) is 0. The Morgan fingerprint density at radius 3 is 2.26 bits per heavy atom. The number of ether oxygens (including phenoxy) is 1. The van der Waals surface area contributed by atoms with E-state index in [-0.39, 0.29) is 12.5 Å². The van der Waals surface area contributed by atoms with Gasteiger partial charge in [-0.3, -0.25) is 4.79 Å². The highest BCUT2D eigenvalue weighted by atomic mass is 19.2. The number of carbonyl (C=O) groups is 2. The summed E-state index contributed by atoms with van der Waals surface area (Å²) in [5.74, 6) is -2.79. The summed E-state index contributed by atoms with van der Waals surface area (Å²) in [6.45, 7) is -0.121. The van der Waals surface area contributed by atoms with Crippen molar-refractivity contribution in [2.24, 2.45) is 0 Å². The Morgan fingerprint density at radius 2 is 1.65 bits per heavy atom. The number of halogens is 2. The normalized spacial score (nSPS) is 10.0. The summed E-state index contributed by atoms with van der Waals surface area (Å²) < 4.78 is 30.4. The second-order valence-corrected chi connectivity index (χ2v) is 4.60. The van der Waals surface area contributed by atoms with Crippen LogP contribution in [0.2, 0.25) is 0 Å². The van der Waals surface area contributed by atoms with Crippen molar-refractivity contribution in [2.75, 3.05) is 24.3 Å². The van der Waals surface area contributed by atoms with E-state index < -0.39 is 17.6 Å². The molecule has 0 aliphatic heterocycles. The Bertz CT molecular complexity index is 718. The number of methoxy groups -OCH3 is 1. The van der Waals surface area contributed by atoms with Gasteiger partial charge in [0.25, 0.3) is 0 Å². The van der Waals surface area contributed by atoms with E-state index in [0.717, 1.165) is 12.1 Å². The Hall–Kier alpha value is -2.96. The van der Waals surface area contributed by atoms with Gasteiger partial charge in [-0.05, 0) is 36.4 Å². The number of amides is 1. The van der Waals surface area contributed by atoms with Gasteiger partial charge in [0.05, 0.1) is 19.2 Å². The number of hydrogen-bond acceptors (Lipinski definition) is 4. The third kappa shape index (κ3) is 4.50. The first-order chi connectivity index (χ1) is 11.0. The van der Waals surface area contributed by atoms with Gasteiger partial charge in [0.1, 0.15) is 0 Å². The van der Waals surface area contributed by atoms with E-state index in [1.165, 1.54) is 25.3 Å². The molecular formula is C16H14F2N2O3. The van der Waals surface area contributed by atoms with Gasteiger partial charge in [0.15, 0.2) is 11.6 Å². The van der Waals surface area contributed by atoms with Crippen LogP contribution in [0.25, 0.3) is 0 Å². The molecule has 120 valence electrons. The summed E-state index contributed by atoms with van der Waals surface area (Å²) in [5, 5.41) is 5.28. The minimum Gasteiger partial charge on any atom is -0.465 e. The summed E-state index contributed by atoms with van der Waals surface area (Å²) >= 11 is 0. The Labute approximate surface area is 131 Å². The average molecular weight is 320 g/mol. The van der Waals surface area contributed by atoms with Gasteiger partial charge >= 0.3 is 5.97 Å². The molecule has 0 aromatic heterocycles. The summed E-state index contributed by atoms with van der Waals surface area (Å²) in [7, 11) is 1.28. The molecule has 0 fully saturated rings. The smallest absolute Gasteiger partial charge is 0.337 e. The molecule has 5 nitrogen and oxygen atoms in total. The highest BCUT2D eigenvalue weighted by Crippen LogP contribution is 2.13. The zero-order valence-electron chi connectivity index (χ0n) is 12.2. The monoisotopic (exact) mass is 320 g/mol. The van der Waals surface area contributed by atoms with Gasteiger partial charge in [0, 0.05) is 17.4 Å². The third-order valence-electron chi connectivity index (χ3n) is 2.96. The van der Waals surface area contributed by atoms with E-state index in [9.17, 15) is 18.4 Å². The molecule has 1 amide bonds. The fraction of sp³-hybridized carbons (Fsp3) is 0.125. The second kappa shape index (κ2) is 7.35. The number of rotatable bonds is 5. The van der Waals surface area contributed by atoms with E-state index in [1.807, 2.05) is 0 Å². The average Bonchev–Trinajstić information content (AvgIpc) is 2.56. The molecule has 0 heterocycles. The first kappa shape index (κ1) is 16.4. The molecule has 0 saturated heterocycles. The van der Waals surface area contributed by atoms with E-state index in [2.05, 4.69) is 15.4 Å². The van der Waals surface area contributed by atoms with Gasteiger partial charge in [-0.2, -0.15) is 0 Å². The Kier molecular flexibility index (Phi) is 5.24. The first-order valence-electron chi connectivity index (χ1n) is 6.67. The lowest BCUT2D eigenvalue weighted by atomic mass is 10.2. The maximum atomic E-state index is 13.0. The van der Waals surface area contributed by atoms with Crippen LogP contribution in [0, 0.1) is 11.6 Å². The van der Waals surface area contributed by atoms with E-state index in [1.54, 1.807) is 12.1 Å². The van der Waals surface area contributed by atoms with Crippen molar-refractivity contribution in [3.8, 4) is 0 Å². The maximum absolute atomic E-state index is 13.0. The van der Waals surface area contributed by atoms with Crippen LogP contribution in [0.5, 0.6) is 0 Å². The molecule has 2 rings (SSSR count). The molecule has 0 saturated carbocycles. The molecule has 0 bridgehead atoms. The number of benzene rings is 2. The number of anilines is 2. The summed E-state index contributed by atoms with van der Waals surface area (Å²) in [6, 6.07) is 9.42. The van der Waals surface area contributed by atoms with Crippen molar-refractivity contribution < 1.29 is 23.1 Å². The van der Waals surface area contributed by atoms with E-state index in [0.29, 0.717) is 16.9 Å². The molecule has 2 N–H and O–H groups in total. The fourth-order valence-electron chi connectivity index (χ4n) is 1.80. The lowest BCUT2D eigenvalue weighted by molar-refractivity contribution is -0.114. The van der Waals surface area contributed by atoms with Crippen LogP contribution >= 0.6 is 0 Å². The van der Waals surface area contributed by atoms with Gasteiger partial charge in [-0.15, -0.1) is 0 Å². The first-order valence-corrected chi connectivity index (χ1v) is 6.67. The molecule has 2 aromatic carbocycles. The van der Waals surface area contributed by atoms with Crippen molar-refractivity contribution in [3.63, 3.8) is 0 Å². The molecule has 0 spiro atoms. The zero-order chi connectivity index (χ0) is 16.8. The van der Waals surface area contributed by atoms with Crippen LogP contribution in [-0.4, -0.2) is 25.5 Å². The van der Waals surface area contributed by atoms with E-state index in [4.69, 9.17) is 0 Å². The summed E-state index contributed by atoms with van der Waals surface area (Å²) in [5.41, 5.74) is 1.15. The molecule has 0 aliphatic carbocycles. The van der Waals surface area contributed by atoms with Crippen molar-refractivity contribution in [3.05, 3.63) is 59.7 Å². The van der Waals surface area contributed by atoms with Crippen molar-refractivity contribution >= 4 is 23.3 Å². The van der Waals surface area contributed by atoms with Crippen molar-refractivity contribution in [2.45, 2.75) is 0 Å². The quantitative estimate of drug-likeness (QED) is 0.831. The fourth-order valence-corrected chi connectivity index (χ4v) is 1.80. The maximum Gasteiger partial charge on any atom is 0.337 e. The van der Waals surface area contributed by atoms with Gasteiger partial charge in [-0.25, -0.2) is 13.6 Å². The van der Waals surface area contributed by atoms with E-state index >= 15 is 0 Å². The topological polar surface area (TPSA) is 67.4 Å². The number of hydrogen-bond donors (Lipinski definition) is 2. The Morgan fingerprint density at radius 1 is 1.00 bits per heavy atom. The minimum absolute atomic E-state index is 0.121. The van der Waals surface area contributed by atoms with Crippen molar-refractivity contribution in [1.82, 2.24) is 0 Å². The highest BCUT2D eigenvalue weighted by molar-refractivity contribution is 5.95. The second-order valence-electron chi connectivity index (χ2n) is 4.60. The summed E-state index contributed by atoms with van der Waals surface area (Å²) in [4.78, 5) is 23.1. The molecular weight excluding hydrogens is 306 g/mol. The van der Waals surface area contributed by atoms with Crippen LogP contribution in [-0.2, 0) is 9.53 Å². The lowest BCUT2D eigenvalue weighted by Gasteiger charge is -2.08. The largest absolute Gasteiger partial charge is 0.465 e. The van der Waals surface area contributed by atoms with Crippen LogP contribution in [0.15, 0.2) is 42.5 Å². The zero-order valence-corrected chi connectivity index (χ0v) is 12.2. The number of carbonyl (C=O) groups excluding carboxylic acids is 2. The molecule has 23 heavy (non-hydrogen) atoms. The molecule has 2 aromatic rings. The Balaban J connectivity index is 1.89. The molecule has 0 radical (unpaired) electrons. The van der Waals surface area contributed by atoms with Gasteiger partial charge in [-0.1, -0.05) is 0 Å². The standard InChI is InChI=1S/C16H14F2N2O3/c1-23-16(22)10-2-4-11(5-3-10)20-15(21)9-19-12-6-7-13(17)14(18)8-12/h2-8,19H,9H2,1H3,(H,20,21). The number of nitrogens with one attached hydrogen (secondary N) is 2. The molecule has 0 unspecified atom stereocenters. The lowest BCUT2D eigenvalue weighted by Crippen LogP contribution is -2.21. The van der Waals surface area contributed by atoms with Crippen LogP contribution < -0.4 is 10.6 Å². The molecule has 0 atom stereocenters. The molecule has 7 heteroatoms.